The third kappa shape index (κ3) is 4.74. The lowest BCUT2D eigenvalue weighted by molar-refractivity contribution is -0.140. The van der Waals surface area contributed by atoms with Crippen LogP contribution in [0.4, 0.5) is 0 Å². The van der Waals surface area contributed by atoms with Crippen LogP contribution in [-0.4, -0.2) is 98.3 Å². The molecule has 2 N–H and O–H groups in total. The minimum Gasteiger partial charge on any atom is -0.507 e. The van der Waals surface area contributed by atoms with Crippen LogP contribution in [0, 0.1) is 13.8 Å². The second-order valence-corrected chi connectivity index (χ2v) is 9.15. The molecule has 4 rings (SSSR count). The van der Waals surface area contributed by atoms with Gasteiger partial charge < -0.3 is 33.9 Å². The molecule has 1 aromatic carbocycles. The lowest BCUT2D eigenvalue weighted by Gasteiger charge is -2.31. The SMILES string of the molecule is COC(=O)c1[nH]c(C)c(C(O)=C2C(=O)C(=O)N(CCN3CCOCC3)[C@@H]2c2cccc(OC)c2OC)c1C. The number of para-hydroxylation sites is 1. The predicted octanol–water partition coefficient (Wildman–Crippen LogP) is 2.19. The number of esters is 1. The zero-order valence-electron chi connectivity index (χ0n) is 22.3. The quantitative estimate of drug-likeness (QED) is 0.230. The van der Waals surface area contributed by atoms with Crippen LogP contribution in [0.1, 0.15) is 38.9 Å². The van der Waals surface area contributed by atoms with Crippen molar-refractivity contribution in [3.63, 3.8) is 0 Å². The van der Waals surface area contributed by atoms with Crippen molar-refractivity contribution in [2.75, 3.05) is 60.7 Å². The smallest absolute Gasteiger partial charge is 0.354 e. The van der Waals surface area contributed by atoms with Crippen LogP contribution in [0.25, 0.3) is 5.76 Å². The Morgan fingerprint density at radius 2 is 1.82 bits per heavy atom. The Kier molecular flexibility index (Phi) is 8.08. The number of aliphatic hydroxyl groups is 1. The van der Waals surface area contributed by atoms with Crippen LogP contribution in [-0.2, 0) is 19.1 Å². The number of aliphatic hydroxyl groups excluding tert-OH is 1. The third-order valence-electron chi connectivity index (χ3n) is 7.09. The fourth-order valence-corrected chi connectivity index (χ4v) is 5.18. The maximum Gasteiger partial charge on any atom is 0.354 e. The second kappa shape index (κ2) is 11.3. The highest BCUT2D eigenvalue weighted by Gasteiger charge is 2.48. The Balaban J connectivity index is 1.88. The van der Waals surface area contributed by atoms with Crippen molar-refractivity contribution in [3.8, 4) is 11.5 Å². The number of benzene rings is 1. The van der Waals surface area contributed by atoms with E-state index < -0.39 is 23.7 Å². The van der Waals surface area contributed by atoms with E-state index >= 15 is 0 Å². The topological polar surface area (TPSA) is 131 Å². The predicted molar refractivity (Wildman–Crippen MR) is 137 cm³/mol. The minimum atomic E-state index is -0.948. The highest BCUT2D eigenvalue weighted by Crippen LogP contribution is 2.46. The van der Waals surface area contributed by atoms with Crippen LogP contribution in [0.15, 0.2) is 23.8 Å². The summed E-state index contributed by atoms with van der Waals surface area (Å²) in [5, 5.41) is 11.6. The summed E-state index contributed by atoms with van der Waals surface area (Å²) >= 11 is 0. The summed E-state index contributed by atoms with van der Waals surface area (Å²) in [6, 6.07) is 4.24. The van der Waals surface area contributed by atoms with Crippen LogP contribution in [0.3, 0.4) is 0 Å². The number of hydrogen-bond donors (Lipinski definition) is 2. The number of nitrogens with one attached hydrogen (secondary N) is 1. The van der Waals surface area contributed by atoms with Crippen LogP contribution < -0.4 is 9.47 Å². The van der Waals surface area contributed by atoms with Crippen molar-refractivity contribution in [1.29, 1.82) is 0 Å². The van der Waals surface area contributed by atoms with Gasteiger partial charge in [-0.05, 0) is 25.5 Å². The number of carbonyl (C=O) groups excluding carboxylic acids is 3. The fraction of sp³-hybridized carbons (Fsp3) is 0.444. The molecule has 2 aliphatic heterocycles. The molecular weight excluding hydrogens is 494 g/mol. The normalized spacial score (nSPS) is 19.6. The van der Waals surface area contributed by atoms with Gasteiger partial charge in [-0.1, -0.05) is 12.1 Å². The molecule has 1 aromatic heterocycles. The number of nitrogens with zero attached hydrogens (tertiary/aromatic N) is 2. The van der Waals surface area contributed by atoms with Crippen molar-refractivity contribution in [2.45, 2.75) is 19.9 Å². The number of aromatic amines is 1. The molecule has 11 nitrogen and oxygen atoms in total. The van der Waals surface area contributed by atoms with Crippen LogP contribution in [0.5, 0.6) is 11.5 Å². The molecule has 2 saturated heterocycles. The average Bonchev–Trinajstić information content (AvgIpc) is 3.37. The van der Waals surface area contributed by atoms with Crippen molar-refractivity contribution in [1.82, 2.24) is 14.8 Å². The van der Waals surface area contributed by atoms with E-state index in [1.807, 2.05) is 0 Å². The zero-order chi connectivity index (χ0) is 27.6. The molecule has 2 aromatic rings. The van der Waals surface area contributed by atoms with Crippen molar-refractivity contribution in [3.05, 3.63) is 51.9 Å². The molecule has 0 spiro atoms. The summed E-state index contributed by atoms with van der Waals surface area (Å²) < 4.78 is 21.4. The van der Waals surface area contributed by atoms with Gasteiger partial charge in [0.25, 0.3) is 11.7 Å². The Morgan fingerprint density at radius 1 is 1.11 bits per heavy atom. The molecule has 204 valence electrons. The Bertz CT molecular complexity index is 1280. The Hall–Kier alpha value is -3.83. The van der Waals surface area contributed by atoms with E-state index in [1.165, 1.54) is 26.2 Å². The van der Waals surface area contributed by atoms with Gasteiger partial charge >= 0.3 is 5.97 Å². The summed E-state index contributed by atoms with van der Waals surface area (Å²) in [5.41, 5.74) is 1.69. The fourth-order valence-electron chi connectivity index (χ4n) is 5.18. The zero-order valence-corrected chi connectivity index (χ0v) is 22.3. The number of aryl methyl sites for hydroxylation is 1. The van der Waals surface area contributed by atoms with Gasteiger partial charge in [-0.25, -0.2) is 4.79 Å². The second-order valence-electron chi connectivity index (χ2n) is 9.15. The molecular formula is C27H33N3O8. The van der Waals surface area contributed by atoms with Gasteiger partial charge in [0.05, 0.1) is 46.2 Å². The van der Waals surface area contributed by atoms with Crippen LogP contribution >= 0.6 is 0 Å². The summed E-state index contributed by atoms with van der Waals surface area (Å²) in [7, 11) is 4.23. The lowest BCUT2D eigenvalue weighted by atomic mass is 9.93. The number of amides is 1. The first-order valence-electron chi connectivity index (χ1n) is 12.3. The first-order valence-corrected chi connectivity index (χ1v) is 12.3. The number of likely N-dealkylation sites (tertiary alicyclic amines) is 1. The maximum absolute atomic E-state index is 13.5. The molecule has 0 unspecified atom stereocenters. The number of aromatic nitrogens is 1. The standard InChI is InChI=1S/C27H33N3O8/c1-15-19(16(2)28-21(15)27(34)37-5)23(31)20-22(17-7-6-8-18(35-3)25(17)36-4)30(26(33)24(20)32)10-9-29-11-13-38-14-12-29/h6-8,22,28,31H,9-14H2,1-5H3/t22-/m1/s1. The summed E-state index contributed by atoms with van der Waals surface area (Å²) in [6.07, 6.45) is 0. The number of hydrogen-bond acceptors (Lipinski definition) is 9. The number of carbonyl (C=O) groups is 3. The van der Waals surface area contributed by atoms with E-state index in [0.29, 0.717) is 48.1 Å². The Labute approximate surface area is 220 Å². The number of ketones is 1. The number of methoxy groups -OCH3 is 3. The maximum atomic E-state index is 13.5. The molecule has 38 heavy (non-hydrogen) atoms. The largest absolute Gasteiger partial charge is 0.507 e. The molecule has 1 amide bonds. The van der Waals surface area contributed by atoms with Gasteiger partial charge in [0.15, 0.2) is 11.5 Å². The number of Topliss-reactive ketones (excluding diaryl/α,β-unsaturated/α-hetero) is 1. The molecule has 2 fully saturated rings. The first-order chi connectivity index (χ1) is 18.2. The summed E-state index contributed by atoms with van der Waals surface area (Å²) in [6.45, 7) is 6.70. The molecule has 0 aliphatic carbocycles. The Morgan fingerprint density at radius 3 is 2.45 bits per heavy atom. The molecule has 0 saturated carbocycles. The van der Waals surface area contributed by atoms with E-state index in [9.17, 15) is 19.5 Å². The highest BCUT2D eigenvalue weighted by molar-refractivity contribution is 6.46. The summed E-state index contributed by atoms with van der Waals surface area (Å²) in [5.74, 6) is -1.77. The van der Waals surface area contributed by atoms with Gasteiger partial charge in [0.2, 0.25) is 0 Å². The molecule has 2 aliphatic rings. The van der Waals surface area contributed by atoms with E-state index in [1.54, 1.807) is 32.0 Å². The molecule has 0 radical (unpaired) electrons. The van der Waals surface area contributed by atoms with Gasteiger partial charge in [0.1, 0.15) is 11.5 Å². The molecule has 11 heteroatoms. The van der Waals surface area contributed by atoms with Crippen LogP contribution in [0.2, 0.25) is 0 Å². The number of ether oxygens (including phenoxy) is 4. The first kappa shape index (κ1) is 27.2. The van der Waals surface area contributed by atoms with E-state index in [2.05, 4.69) is 9.88 Å². The monoisotopic (exact) mass is 527 g/mol. The van der Waals surface area contributed by atoms with Crippen molar-refractivity contribution >= 4 is 23.4 Å². The molecule has 1 atom stereocenters. The van der Waals surface area contributed by atoms with E-state index in [4.69, 9.17) is 18.9 Å². The molecule has 0 bridgehead atoms. The van der Waals surface area contributed by atoms with E-state index in [0.717, 1.165) is 13.1 Å². The van der Waals surface area contributed by atoms with Gasteiger partial charge in [0, 0.05) is 43.0 Å². The minimum absolute atomic E-state index is 0.0925. The highest BCUT2D eigenvalue weighted by atomic mass is 16.5. The van der Waals surface area contributed by atoms with Crippen molar-refractivity contribution in [2.24, 2.45) is 0 Å². The number of rotatable bonds is 8. The number of morpholine rings is 1. The van der Waals surface area contributed by atoms with E-state index in [-0.39, 0.29) is 29.1 Å². The molecule has 3 heterocycles. The van der Waals surface area contributed by atoms with Gasteiger partial charge in [-0.15, -0.1) is 0 Å². The van der Waals surface area contributed by atoms with Gasteiger partial charge in [-0.3, -0.25) is 14.5 Å². The summed E-state index contributed by atoms with van der Waals surface area (Å²) in [4.78, 5) is 45.8. The average molecular weight is 528 g/mol. The third-order valence-corrected chi connectivity index (χ3v) is 7.09. The lowest BCUT2D eigenvalue weighted by Crippen LogP contribution is -2.42. The van der Waals surface area contributed by atoms with Crippen molar-refractivity contribution < 1.29 is 38.4 Å². The van der Waals surface area contributed by atoms with Gasteiger partial charge in [-0.2, -0.15) is 0 Å². The number of H-pyrrole nitrogens is 1.